The van der Waals surface area contributed by atoms with E-state index < -0.39 is 11.4 Å². The summed E-state index contributed by atoms with van der Waals surface area (Å²) in [6, 6.07) is 23.1. The number of benzene rings is 3. The molecule has 0 radical (unpaired) electrons. The second-order valence-corrected chi connectivity index (χ2v) is 8.39. The van der Waals surface area contributed by atoms with Gasteiger partial charge >= 0.3 is 0 Å². The van der Waals surface area contributed by atoms with Gasteiger partial charge in [-0.15, -0.1) is 11.6 Å². The number of halogens is 1. The summed E-state index contributed by atoms with van der Waals surface area (Å²) in [5.41, 5.74) is 1.72. The first-order valence-electron chi connectivity index (χ1n) is 11.1. The lowest BCUT2D eigenvalue weighted by Gasteiger charge is -2.28. The predicted octanol–water partition coefficient (Wildman–Crippen LogP) is 5.28. The Bertz CT molecular complexity index is 1350. The van der Waals surface area contributed by atoms with Crippen LogP contribution in [0, 0.1) is 0 Å². The number of ether oxygens (including phenoxy) is 1. The number of carbonyl (C=O) groups excluding carboxylic acids is 1. The smallest absolute Gasteiger partial charge is 0.266 e. The number of rotatable bonds is 7. The minimum atomic E-state index is -0.847. The Morgan fingerprint density at radius 3 is 2.35 bits per heavy atom. The number of para-hydroxylation sites is 1. The quantitative estimate of drug-likeness (QED) is 0.341. The number of fused-ring (bicyclic) bond motifs is 1. The van der Waals surface area contributed by atoms with Crippen molar-refractivity contribution in [2.45, 2.75) is 25.3 Å². The molecule has 2 atom stereocenters. The number of alkyl halides is 1. The predicted molar refractivity (Wildman–Crippen MR) is 135 cm³/mol. The molecular formula is C27H26ClN3O3. The Morgan fingerprint density at radius 2 is 1.68 bits per heavy atom. The highest BCUT2D eigenvalue weighted by molar-refractivity contribution is 6.30. The lowest BCUT2D eigenvalue weighted by molar-refractivity contribution is -0.131. The molecule has 1 heterocycles. The monoisotopic (exact) mass is 475 g/mol. The van der Waals surface area contributed by atoms with Crippen molar-refractivity contribution in [3.05, 3.63) is 101 Å². The van der Waals surface area contributed by atoms with Gasteiger partial charge in [0.25, 0.3) is 5.56 Å². The van der Waals surface area contributed by atoms with E-state index in [0.717, 1.165) is 0 Å². The molecule has 3 aromatic carbocycles. The first-order valence-corrected chi connectivity index (χ1v) is 11.6. The summed E-state index contributed by atoms with van der Waals surface area (Å²) in [5.74, 6) is 0.879. The van der Waals surface area contributed by atoms with Gasteiger partial charge < -0.3 is 9.64 Å². The summed E-state index contributed by atoms with van der Waals surface area (Å²) in [5, 5.41) is -0.347. The van der Waals surface area contributed by atoms with E-state index >= 15 is 0 Å². The molecule has 0 saturated heterocycles. The van der Waals surface area contributed by atoms with Gasteiger partial charge in [-0.3, -0.25) is 14.2 Å². The van der Waals surface area contributed by atoms with E-state index in [0.29, 0.717) is 40.3 Å². The van der Waals surface area contributed by atoms with Gasteiger partial charge in [0.15, 0.2) is 0 Å². The van der Waals surface area contributed by atoms with Crippen LogP contribution in [0.4, 0.5) is 0 Å². The van der Waals surface area contributed by atoms with Crippen molar-refractivity contribution in [1.29, 1.82) is 0 Å². The first-order chi connectivity index (χ1) is 16.4. The molecule has 0 aliphatic rings. The minimum Gasteiger partial charge on any atom is -0.494 e. The van der Waals surface area contributed by atoms with Gasteiger partial charge in [0, 0.05) is 7.05 Å². The van der Waals surface area contributed by atoms with E-state index in [2.05, 4.69) is 0 Å². The minimum absolute atomic E-state index is 0.206. The number of carbonyl (C=O) groups is 1. The van der Waals surface area contributed by atoms with E-state index in [1.807, 2.05) is 80.6 Å². The number of hydrogen-bond donors (Lipinski definition) is 0. The highest BCUT2D eigenvalue weighted by Crippen LogP contribution is 2.28. The van der Waals surface area contributed by atoms with Gasteiger partial charge in [0.1, 0.15) is 17.0 Å². The second-order valence-electron chi connectivity index (χ2n) is 7.95. The van der Waals surface area contributed by atoms with Crippen LogP contribution in [-0.2, 0) is 4.79 Å². The fraction of sp³-hybridized carbons (Fsp3) is 0.222. The molecule has 0 aliphatic carbocycles. The Morgan fingerprint density at radius 1 is 1.03 bits per heavy atom. The van der Waals surface area contributed by atoms with E-state index in [4.69, 9.17) is 21.3 Å². The zero-order chi connectivity index (χ0) is 24.2. The lowest BCUT2D eigenvalue weighted by atomic mass is 10.1. The van der Waals surface area contributed by atoms with E-state index in [-0.39, 0.29) is 11.5 Å². The number of nitrogens with zero attached hydrogens (tertiary/aromatic N) is 3. The normalized spacial score (nSPS) is 12.8. The number of aromatic nitrogens is 2. The summed E-state index contributed by atoms with van der Waals surface area (Å²) in [6.07, 6.45) is 0. The molecule has 2 unspecified atom stereocenters. The molecule has 0 bridgehead atoms. The van der Waals surface area contributed by atoms with E-state index in [1.54, 1.807) is 23.7 Å². The fourth-order valence-corrected chi connectivity index (χ4v) is 4.14. The maximum atomic E-state index is 13.6. The Hall–Kier alpha value is -3.64. The Balaban J connectivity index is 1.79. The Kier molecular flexibility index (Phi) is 6.98. The molecule has 0 N–H and O–H groups in total. The van der Waals surface area contributed by atoms with Gasteiger partial charge in [0.05, 0.1) is 29.2 Å². The van der Waals surface area contributed by atoms with Crippen molar-refractivity contribution in [2.75, 3.05) is 13.7 Å². The summed E-state index contributed by atoms with van der Waals surface area (Å²) in [6.45, 7) is 4.30. The van der Waals surface area contributed by atoms with E-state index in [1.165, 1.54) is 4.90 Å². The highest BCUT2D eigenvalue weighted by atomic mass is 35.5. The SMILES string of the molecule is CCOc1ccc(-n2c(C(C)N(C)C(=O)C(Cl)c3ccccc3)nc3ccccc3c2=O)cc1. The van der Waals surface area contributed by atoms with Crippen molar-refractivity contribution >= 4 is 28.4 Å². The number of amides is 1. The van der Waals surface area contributed by atoms with Crippen LogP contribution in [-0.4, -0.2) is 34.0 Å². The van der Waals surface area contributed by atoms with E-state index in [9.17, 15) is 9.59 Å². The molecule has 0 fully saturated rings. The Labute approximate surface area is 203 Å². The summed E-state index contributed by atoms with van der Waals surface area (Å²) < 4.78 is 7.10. The molecule has 6 nitrogen and oxygen atoms in total. The van der Waals surface area contributed by atoms with Gasteiger partial charge in [-0.25, -0.2) is 4.98 Å². The third-order valence-electron chi connectivity index (χ3n) is 5.82. The zero-order valence-electron chi connectivity index (χ0n) is 19.3. The average Bonchev–Trinajstić information content (AvgIpc) is 2.88. The van der Waals surface area contributed by atoms with Crippen LogP contribution in [0.2, 0.25) is 0 Å². The van der Waals surface area contributed by atoms with Crippen LogP contribution < -0.4 is 10.3 Å². The summed E-state index contributed by atoms with van der Waals surface area (Å²) in [7, 11) is 1.68. The van der Waals surface area contributed by atoms with Crippen LogP contribution in [0.1, 0.15) is 36.7 Å². The lowest BCUT2D eigenvalue weighted by Crippen LogP contribution is -2.36. The molecule has 0 saturated carbocycles. The first kappa shape index (κ1) is 23.5. The maximum absolute atomic E-state index is 13.6. The van der Waals surface area contributed by atoms with Crippen LogP contribution >= 0.6 is 11.6 Å². The largest absolute Gasteiger partial charge is 0.494 e. The van der Waals surface area contributed by atoms with Gasteiger partial charge in [-0.05, 0) is 55.8 Å². The number of hydrogen-bond acceptors (Lipinski definition) is 4. The molecule has 7 heteroatoms. The standard InChI is InChI=1S/C27H26ClN3O3/c1-4-34-21-16-14-20(15-17-21)31-25(29-23-13-9-8-12-22(23)26(31)32)18(2)30(3)27(33)24(28)19-10-6-5-7-11-19/h5-18,24H,4H2,1-3H3. The fourth-order valence-electron chi connectivity index (χ4n) is 3.85. The summed E-state index contributed by atoms with van der Waals surface area (Å²) in [4.78, 5) is 33.1. The highest BCUT2D eigenvalue weighted by Gasteiger charge is 2.28. The maximum Gasteiger partial charge on any atom is 0.266 e. The third-order valence-corrected chi connectivity index (χ3v) is 6.26. The molecule has 4 rings (SSSR count). The molecule has 1 aromatic heterocycles. The topological polar surface area (TPSA) is 64.4 Å². The molecule has 34 heavy (non-hydrogen) atoms. The second kappa shape index (κ2) is 10.1. The van der Waals surface area contributed by atoms with Crippen molar-refractivity contribution in [2.24, 2.45) is 0 Å². The van der Waals surface area contributed by atoms with Crippen LogP contribution in [0.3, 0.4) is 0 Å². The molecule has 4 aromatic rings. The zero-order valence-corrected chi connectivity index (χ0v) is 20.1. The van der Waals surface area contributed by atoms with Crippen LogP contribution in [0.25, 0.3) is 16.6 Å². The van der Waals surface area contributed by atoms with Gasteiger partial charge in [-0.2, -0.15) is 0 Å². The van der Waals surface area contributed by atoms with Crippen molar-refractivity contribution in [1.82, 2.24) is 14.5 Å². The van der Waals surface area contributed by atoms with Crippen molar-refractivity contribution in [3.8, 4) is 11.4 Å². The van der Waals surface area contributed by atoms with Crippen molar-refractivity contribution < 1.29 is 9.53 Å². The molecule has 0 aliphatic heterocycles. The average molecular weight is 476 g/mol. The summed E-state index contributed by atoms with van der Waals surface area (Å²) >= 11 is 6.52. The van der Waals surface area contributed by atoms with Crippen LogP contribution in [0.15, 0.2) is 83.7 Å². The molecular weight excluding hydrogens is 450 g/mol. The molecule has 174 valence electrons. The number of likely N-dealkylation sites (N-methyl/N-ethyl adjacent to an activating group) is 1. The van der Waals surface area contributed by atoms with Gasteiger partial charge in [0.2, 0.25) is 5.91 Å². The van der Waals surface area contributed by atoms with Crippen LogP contribution in [0.5, 0.6) is 5.75 Å². The van der Waals surface area contributed by atoms with Gasteiger partial charge in [-0.1, -0.05) is 42.5 Å². The van der Waals surface area contributed by atoms with Crippen molar-refractivity contribution in [3.63, 3.8) is 0 Å². The molecule has 1 amide bonds. The molecule has 0 spiro atoms. The third kappa shape index (κ3) is 4.54.